The number of rotatable bonds is 5. The summed E-state index contributed by atoms with van der Waals surface area (Å²) in [5.41, 5.74) is 12.8. The molecule has 1 aromatic heterocycles. The number of aliphatic imine (C=N–C) groups is 1. The molecule has 1 fully saturated rings. The van der Waals surface area contributed by atoms with Gasteiger partial charge < -0.3 is 21.3 Å². The highest BCUT2D eigenvalue weighted by Gasteiger charge is 2.59. The number of nitrogens with zero attached hydrogens (tertiary/aromatic N) is 4. The van der Waals surface area contributed by atoms with Gasteiger partial charge in [-0.1, -0.05) is 18.2 Å². The molecule has 32 heavy (non-hydrogen) atoms. The molecule has 0 bridgehead atoms. The van der Waals surface area contributed by atoms with Crippen molar-refractivity contribution in [3.63, 3.8) is 0 Å². The number of hydrogen-bond donors (Lipinski definition) is 3. The third-order valence-corrected chi connectivity index (χ3v) is 5.55. The number of alkyl halides is 2. The second-order valence-electron chi connectivity index (χ2n) is 7.82. The number of nitrogen functional groups attached to an aromatic ring is 1. The average molecular weight is 446 g/mol. The molecule has 11 heteroatoms. The van der Waals surface area contributed by atoms with Gasteiger partial charge in [-0.05, 0) is 18.2 Å². The van der Waals surface area contributed by atoms with Crippen LogP contribution in [-0.2, 0) is 4.74 Å². The van der Waals surface area contributed by atoms with Crippen molar-refractivity contribution in [2.45, 2.75) is 30.8 Å². The lowest BCUT2D eigenvalue weighted by Crippen LogP contribution is -2.45. The SMILES string of the molecule is NC1=C(C=Nc2ccccc2)CN(C[C@H]2O[C@@H](n3ccc(N)nc3=O)C(F)(F)[C@@H]2O)CC1. The number of aliphatic hydroxyl groups is 1. The number of halogens is 2. The zero-order valence-corrected chi connectivity index (χ0v) is 17.1. The lowest BCUT2D eigenvalue weighted by atomic mass is 10.0. The van der Waals surface area contributed by atoms with Crippen molar-refractivity contribution in [2.75, 3.05) is 25.4 Å². The van der Waals surface area contributed by atoms with E-state index in [-0.39, 0.29) is 12.4 Å². The van der Waals surface area contributed by atoms with Gasteiger partial charge in [0, 0.05) is 49.7 Å². The highest BCUT2D eigenvalue weighted by atomic mass is 19.3. The van der Waals surface area contributed by atoms with Crippen LogP contribution in [0, 0.1) is 0 Å². The number of nitrogens with two attached hydrogens (primary N) is 2. The molecule has 1 aromatic carbocycles. The van der Waals surface area contributed by atoms with Gasteiger partial charge in [-0.2, -0.15) is 13.8 Å². The summed E-state index contributed by atoms with van der Waals surface area (Å²) in [6.07, 6.45) is -2.01. The summed E-state index contributed by atoms with van der Waals surface area (Å²) in [6, 6.07) is 10.6. The second-order valence-corrected chi connectivity index (χ2v) is 7.82. The zero-order chi connectivity index (χ0) is 22.9. The van der Waals surface area contributed by atoms with Gasteiger partial charge in [0.15, 0.2) is 0 Å². The fourth-order valence-electron chi connectivity index (χ4n) is 3.78. The largest absolute Gasteiger partial charge is 0.402 e. The number of ether oxygens (including phenoxy) is 1. The van der Waals surface area contributed by atoms with Crippen molar-refractivity contribution in [3.05, 3.63) is 64.3 Å². The first-order valence-corrected chi connectivity index (χ1v) is 10.1. The van der Waals surface area contributed by atoms with Gasteiger partial charge in [0.2, 0.25) is 6.23 Å². The van der Waals surface area contributed by atoms with Gasteiger partial charge in [0.25, 0.3) is 0 Å². The van der Waals surface area contributed by atoms with E-state index in [4.69, 9.17) is 16.2 Å². The van der Waals surface area contributed by atoms with Crippen LogP contribution in [0.4, 0.5) is 20.3 Å². The Hall–Kier alpha value is -3.15. The molecule has 9 nitrogen and oxygen atoms in total. The van der Waals surface area contributed by atoms with E-state index < -0.39 is 30.0 Å². The molecule has 0 spiro atoms. The Kier molecular flexibility index (Phi) is 6.04. The van der Waals surface area contributed by atoms with E-state index in [1.165, 1.54) is 6.07 Å². The van der Waals surface area contributed by atoms with Crippen LogP contribution < -0.4 is 17.2 Å². The normalized spacial score (nSPS) is 26.2. The van der Waals surface area contributed by atoms with Gasteiger partial charge in [0.1, 0.15) is 18.0 Å². The Morgan fingerprint density at radius 3 is 2.75 bits per heavy atom. The molecule has 2 aromatic rings. The third kappa shape index (κ3) is 4.40. The molecule has 4 rings (SSSR count). The first-order valence-electron chi connectivity index (χ1n) is 10.1. The van der Waals surface area contributed by atoms with Crippen LogP contribution in [-0.4, -0.2) is 63.5 Å². The smallest absolute Gasteiger partial charge is 0.351 e. The van der Waals surface area contributed by atoms with Gasteiger partial charge in [-0.15, -0.1) is 0 Å². The summed E-state index contributed by atoms with van der Waals surface area (Å²) in [4.78, 5) is 21.7. The molecule has 0 aliphatic carbocycles. The van der Waals surface area contributed by atoms with Crippen molar-refractivity contribution >= 4 is 17.7 Å². The van der Waals surface area contributed by atoms with Crippen LogP contribution >= 0.6 is 0 Å². The molecule has 5 N–H and O–H groups in total. The van der Waals surface area contributed by atoms with Crippen molar-refractivity contribution in [1.82, 2.24) is 14.5 Å². The Bertz CT molecular complexity index is 1090. The van der Waals surface area contributed by atoms with Gasteiger partial charge in [0.05, 0.1) is 5.69 Å². The Labute approximate surface area is 182 Å². The number of hydrogen-bond acceptors (Lipinski definition) is 8. The summed E-state index contributed by atoms with van der Waals surface area (Å²) in [6.45, 7) is 0.912. The predicted molar refractivity (Wildman–Crippen MR) is 115 cm³/mol. The second kappa shape index (κ2) is 8.77. The van der Waals surface area contributed by atoms with Crippen LogP contribution in [0.15, 0.2) is 63.7 Å². The summed E-state index contributed by atoms with van der Waals surface area (Å²) in [7, 11) is 0. The number of benzene rings is 1. The minimum Gasteiger partial charge on any atom is -0.402 e. The van der Waals surface area contributed by atoms with E-state index >= 15 is 0 Å². The number of anilines is 1. The van der Waals surface area contributed by atoms with Crippen LogP contribution in [0.3, 0.4) is 0 Å². The first kappa shape index (κ1) is 22.1. The highest BCUT2D eigenvalue weighted by Crippen LogP contribution is 2.42. The minimum atomic E-state index is -3.69. The van der Waals surface area contributed by atoms with Crippen molar-refractivity contribution in [1.29, 1.82) is 0 Å². The fraction of sp³-hybridized carbons (Fsp3) is 0.381. The summed E-state index contributed by atoms with van der Waals surface area (Å²) in [5.74, 6) is -3.78. The molecular formula is C21H24F2N6O3. The number of aliphatic hydroxyl groups excluding tert-OH is 1. The van der Waals surface area contributed by atoms with Crippen molar-refractivity contribution in [3.8, 4) is 0 Å². The maximum Gasteiger partial charge on any atom is 0.351 e. The minimum absolute atomic E-state index is 0.0281. The molecule has 0 radical (unpaired) electrons. The quantitative estimate of drug-likeness (QED) is 0.585. The van der Waals surface area contributed by atoms with Crippen LogP contribution in [0.2, 0.25) is 0 Å². The highest BCUT2D eigenvalue weighted by molar-refractivity contribution is 5.82. The maximum absolute atomic E-state index is 14.8. The summed E-state index contributed by atoms with van der Waals surface area (Å²) >= 11 is 0. The first-order chi connectivity index (χ1) is 15.3. The van der Waals surface area contributed by atoms with E-state index in [1.54, 1.807) is 6.21 Å². The molecule has 1 saturated heterocycles. The fourth-order valence-corrected chi connectivity index (χ4v) is 3.78. The third-order valence-electron chi connectivity index (χ3n) is 5.55. The maximum atomic E-state index is 14.8. The molecule has 0 saturated carbocycles. The van der Waals surface area contributed by atoms with E-state index in [2.05, 4.69) is 9.98 Å². The molecule has 0 amide bonds. The monoisotopic (exact) mass is 446 g/mol. The molecule has 0 unspecified atom stereocenters. The van der Waals surface area contributed by atoms with E-state index in [1.807, 2.05) is 35.2 Å². The molecule has 2 aliphatic rings. The molecule has 170 valence electrons. The molecule has 3 atom stereocenters. The Morgan fingerprint density at radius 2 is 2.03 bits per heavy atom. The molecule has 2 aliphatic heterocycles. The molecular weight excluding hydrogens is 422 g/mol. The lowest BCUT2D eigenvalue weighted by Gasteiger charge is -2.30. The molecule has 3 heterocycles. The van der Waals surface area contributed by atoms with Crippen LogP contribution in [0.1, 0.15) is 12.6 Å². The summed E-state index contributed by atoms with van der Waals surface area (Å²) < 4.78 is 35.6. The Morgan fingerprint density at radius 1 is 1.28 bits per heavy atom. The van der Waals surface area contributed by atoms with E-state index in [0.717, 1.165) is 17.5 Å². The predicted octanol–water partition coefficient (Wildman–Crippen LogP) is 1.04. The van der Waals surface area contributed by atoms with Crippen LogP contribution in [0.5, 0.6) is 0 Å². The standard InChI is InChI=1S/C21H24F2N6O3/c22-21(23)18(30)16(32-19(21)29-9-7-17(25)27-20(29)31)12-28-8-6-15(24)13(11-28)10-26-14-4-2-1-3-5-14/h1-5,7,9-10,16,18-19,30H,6,8,11-12,24H2,(H2,25,27,31)/t16-,18-,19-/m1/s1. The zero-order valence-electron chi connectivity index (χ0n) is 17.1. The number of aromatic nitrogens is 2. The van der Waals surface area contributed by atoms with Gasteiger partial charge >= 0.3 is 11.6 Å². The number of para-hydroxylation sites is 1. The lowest BCUT2D eigenvalue weighted by molar-refractivity contribution is -0.140. The van der Waals surface area contributed by atoms with E-state index in [9.17, 15) is 18.7 Å². The van der Waals surface area contributed by atoms with Gasteiger partial charge in [-0.3, -0.25) is 14.5 Å². The van der Waals surface area contributed by atoms with Crippen molar-refractivity contribution in [2.24, 2.45) is 10.7 Å². The van der Waals surface area contributed by atoms with Crippen molar-refractivity contribution < 1.29 is 18.6 Å². The Balaban J connectivity index is 1.47. The van der Waals surface area contributed by atoms with E-state index in [0.29, 0.717) is 29.8 Å². The van der Waals surface area contributed by atoms with Gasteiger partial charge in [-0.25, -0.2) is 4.79 Å². The summed E-state index contributed by atoms with van der Waals surface area (Å²) in [5, 5.41) is 10.3. The topological polar surface area (TPSA) is 132 Å². The van der Waals surface area contributed by atoms with Crippen LogP contribution in [0.25, 0.3) is 0 Å². The average Bonchev–Trinajstić information content (AvgIpc) is 2.98.